The fourth-order valence-electron chi connectivity index (χ4n) is 1.45. The van der Waals surface area contributed by atoms with Crippen LogP contribution in [0.1, 0.15) is 17.3 Å². The summed E-state index contributed by atoms with van der Waals surface area (Å²) < 4.78 is 23.8. The van der Waals surface area contributed by atoms with Gasteiger partial charge in [-0.1, -0.05) is 0 Å². The standard InChI is InChI=1S/C14H11BrFNO3/c1-2-19-14(18)9-3-6-13(17-8-9)20-12-5-4-10(16)7-11(12)15/h3-8H,2H2,1H3. The van der Waals surface area contributed by atoms with Crippen molar-refractivity contribution in [1.82, 2.24) is 4.98 Å². The van der Waals surface area contributed by atoms with E-state index in [-0.39, 0.29) is 5.82 Å². The second-order valence-electron chi connectivity index (χ2n) is 3.78. The second-order valence-corrected chi connectivity index (χ2v) is 4.64. The third-order valence-corrected chi connectivity index (χ3v) is 2.98. The quantitative estimate of drug-likeness (QED) is 0.791. The van der Waals surface area contributed by atoms with E-state index >= 15 is 0 Å². The Morgan fingerprint density at radius 1 is 1.35 bits per heavy atom. The molecule has 0 aliphatic carbocycles. The van der Waals surface area contributed by atoms with Gasteiger partial charge in [0.15, 0.2) is 0 Å². The number of hydrogen-bond acceptors (Lipinski definition) is 4. The maximum Gasteiger partial charge on any atom is 0.339 e. The van der Waals surface area contributed by atoms with Crippen LogP contribution in [-0.2, 0) is 4.74 Å². The van der Waals surface area contributed by atoms with Crippen LogP contribution in [0.3, 0.4) is 0 Å². The molecule has 0 amide bonds. The Bertz CT molecular complexity index is 616. The maximum atomic E-state index is 12.9. The number of pyridine rings is 1. The molecule has 6 heteroatoms. The van der Waals surface area contributed by atoms with Crippen LogP contribution in [-0.4, -0.2) is 17.6 Å². The fraction of sp³-hybridized carbons (Fsp3) is 0.143. The molecule has 104 valence electrons. The minimum atomic E-state index is -0.436. The summed E-state index contributed by atoms with van der Waals surface area (Å²) in [6, 6.07) is 7.16. The molecule has 0 bridgehead atoms. The zero-order chi connectivity index (χ0) is 14.5. The molecule has 0 saturated carbocycles. The molecule has 0 aliphatic heterocycles. The van der Waals surface area contributed by atoms with Crippen molar-refractivity contribution in [3.8, 4) is 11.6 Å². The largest absolute Gasteiger partial charge is 0.462 e. The first-order valence-electron chi connectivity index (χ1n) is 5.86. The van der Waals surface area contributed by atoms with Gasteiger partial charge in [-0.15, -0.1) is 0 Å². The SMILES string of the molecule is CCOC(=O)c1ccc(Oc2ccc(F)cc2Br)nc1. The summed E-state index contributed by atoms with van der Waals surface area (Å²) in [5.74, 6) is -0.0718. The maximum absolute atomic E-state index is 12.9. The summed E-state index contributed by atoms with van der Waals surface area (Å²) in [6.45, 7) is 2.04. The van der Waals surface area contributed by atoms with Crippen molar-refractivity contribution >= 4 is 21.9 Å². The third kappa shape index (κ3) is 3.54. The van der Waals surface area contributed by atoms with Crippen LogP contribution in [0.5, 0.6) is 11.6 Å². The lowest BCUT2D eigenvalue weighted by molar-refractivity contribution is 0.0526. The molecule has 1 aromatic carbocycles. The lowest BCUT2D eigenvalue weighted by Crippen LogP contribution is -2.04. The van der Waals surface area contributed by atoms with Crippen molar-refractivity contribution in [3.05, 3.63) is 52.4 Å². The molecule has 1 heterocycles. The summed E-state index contributed by atoms with van der Waals surface area (Å²) in [4.78, 5) is 15.5. The Hall–Kier alpha value is -1.95. The Labute approximate surface area is 123 Å². The summed E-state index contributed by atoms with van der Waals surface area (Å²) in [6.07, 6.45) is 1.37. The number of carbonyl (C=O) groups excluding carboxylic acids is 1. The van der Waals surface area contributed by atoms with Gasteiger partial charge in [-0.05, 0) is 47.1 Å². The van der Waals surface area contributed by atoms with Crippen LogP contribution >= 0.6 is 15.9 Å². The van der Waals surface area contributed by atoms with E-state index in [4.69, 9.17) is 9.47 Å². The van der Waals surface area contributed by atoms with E-state index < -0.39 is 5.97 Å². The van der Waals surface area contributed by atoms with Crippen molar-refractivity contribution in [2.24, 2.45) is 0 Å². The van der Waals surface area contributed by atoms with Crippen molar-refractivity contribution in [3.63, 3.8) is 0 Å². The highest BCUT2D eigenvalue weighted by molar-refractivity contribution is 9.10. The van der Waals surface area contributed by atoms with E-state index in [1.54, 1.807) is 19.1 Å². The second kappa shape index (κ2) is 6.47. The van der Waals surface area contributed by atoms with E-state index in [0.29, 0.717) is 28.3 Å². The lowest BCUT2D eigenvalue weighted by atomic mass is 10.3. The molecule has 0 saturated heterocycles. The summed E-state index contributed by atoms with van der Waals surface area (Å²) in [5, 5.41) is 0. The average Bonchev–Trinajstić information content (AvgIpc) is 2.43. The van der Waals surface area contributed by atoms with E-state index in [9.17, 15) is 9.18 Å². The number of hydrogen-bond donors (Lipinski definition) is 0. The Kier molecular flexibility index (Phi) is 4.68. The Morgan fingerprint density at radius 2 is 2.15 bits per heavy atom. The number of halogens is 2. The first-order chi connectivity index (χ1) is 9.60. The molecule has 4 nitrogen and oxygen atoms in total. The van der Waals surface area contributed by atoms with Crippen LogP contribution in [0.25, 0.3) is 0 Å². The monoisotopic (exact) mass is 339 g/mol. The number of nitrogens with zero attached hydrogens (tertiary/aromatic N) is 1. The van der Waals surface area contributed by atoms with Gasteiger partial charge in [0.2, 0.25) is 5.88 Å². The summed E-state index contributed by atoms with van der Waals surface area (Å²) >= 11 is 3.20. The van der Waals surface area contributed by atoms with Gasteiger partial charge in [0, 0.05) is 12.3 Å². The van der Waals surface area contributed by atoms with Gasteiger partial charge in [-0.2, -0.15) is 0 Å². The van der Waals surface area contributed by atoms with E-state index in [1.807, 2.05) is 0 Å². The van der Waals surface area contributed by atoms with Gasteiger partial charge in [0.25, 0.3) is 0 Å². The molecule has 2 rings (SSSR count). The molecule has 0 radical (unpaired) electrons. The highest BCUT2D eigenvalue weighted by Gasteiger charge is 2.09. The number of ether oxygens (including phenoxy) is 2. The zero-order valence-electron chi connectivity index (χ0n) is 10.6. The Morgan fingerprint density at radius 3 is 2.75 bits per heavy atom. The molecular weight excluding hydrogens is 329 g/mol. The number of benzene rings is 1. The Balaban J connectivity index is 2.12. The topological polar surface area (TPSA) is 48.4 Å². The molecule has 0 unspecified atom stereocenters. The molecule has 0 fully saturated rings. The smallest absolute Gasteiger partial charge is 0.339 e. The van der Waals surface area contributed by atoms with Crippen LogP contribution in [0.4, 0.5) is 4.39 Å². The van der Waals surface area contributed by atoms with E-state index in [2.05, 4.69) is 20.9 Å². The number of aromatic nitrogens is 1. The van der Waals surface area contributed by atoms with Crippen LogP contribution in [0, 0.1) is 5.82 Å². The van der Waals surface area contributed by atoms with Gasteiger partial charge >= 0.3 is 5.97 Å². The summed E-state index contributed by atoms with van der Waals surface area (Å²) in [7, 11) is 0. The number of esters is 1. The third-order valence-electron chi connectivity index (χ3n) is 2.36. The van der Waals surface area contributed by atoms with Gasteiger partial charge < -0.3 is 9.47 Å². The van der Waals surface area contributed by atoms with Crippen molar-refractivity contribution < 1.29 is 18.7 Å². The summed E-state index contributed by atoms with van der Waals surface area (Å²) in [5.41, 5.74) is 0.345. The number of carbonyl (C=O) groups is 1. The molecule has 20 heavy (non-hydrogen) atoms. The first kappa shape index (κ1) is 14.5. The molecule has 0 spiro atoms. The minimum Gasteiger partial charge on any atom is -0.462 e. The predicted octanol–water partition coefficient (Wildman–Crippen LogP) is 3.95. The van der Waals surface area contributed by atoms with Crippen molar-refractivity contribution in [2.45, 2.75) is 6.92 Å². The van der Waals surface area contributed by atoms with Crippen molar-refractivity contribution in [1.29, 1.82) is 0 Å². The predicted molar refractivity (Wildman–Crippen MR) is 74.4 cm³/mol. The normalized spacial score (nSPS) is 10.2. The fourth-order valence-corrected chi connectivity index (χ4v) is 1.88. The molecule has 2 aromatic rings. The number of rotatable bonds is 4. The van der Waals surface area contributed by atoms with E-state index in [1.165, 1.54) is 24.4 Å². The lowest BCUT2D eigenvalue weighted by Gasteiger charge is -2.07. The highest BCUT2D eigenvalue weighted by atomic mass is 79.9. The zero-order valence-corrected chi connectivity index (χ0v) is 12.2. The van der Waals surface area contributed by atoms with Gasteiger partial charge in [-0.3, -0.25) is 0 Å². The molecule has 0 N–H and O–H groups in total. The highest BCUT2D eigenvalue weighted by Crippen LogP contribution is 2.29. The molecular formula is C14H11BrFNO3. The van der Waals surface area contributed by atoms with Crippen molar-refractivity contribution in [2.75, 3.05) is 6.61 Å². The van der Waals surface area contributed by atoms with Crippen LogP contribution in [0.2, 0.25) is 0 Å². The first-order valence-corrected chi connectivity index (χ1v) is 6.65. The minimum absolute atomic E-state index is 0.297. The van der Waals surface area contributed by atoms with Gasteiger partial charge in [0.1, 0.15) is 11.6 Å². The molecule has 0 aliphatic rings. The molecule has 1 aromatic heterocycles. The van der Waals surface area contributed by atoms with Gasteiger partial charge in [0.05, 0.1) is 16.6 Å². The van der Waals surface area contributed by atoms with E-state index in [0.717, 1.165) is 0 Å². The average molecular weight is 340 g/mol. The van der Waals surface area contributed by atoms with Crippen LogP contribution in [0.15, 0.2) is 41.0 Å². The van der Waals surface area contributed by atoms with Gasteiger partial charge in [-0.25, -0.2) is 14.2 Å². The van der Waals surface area contributed by atoms with Crippen LogP contribution < -0.4 is 4.74 Å². The molecule has 0 atom stereocenters.